The number of pyridine rings is 1. The van der Waals surface area contributed by atoms with E-state index in [1.807, 2.05) is 70.1 Å². The Morgan fingerprint density at radius 2 is 1.74 bits per heavy atom. The lowest BCUT2D eigenvalue weighted by molar-refractivity contribution is 0.0664. The number of piperazine rings is 1. The topological polar surface area (TPSA) is 67.2 Å². The highest BCUT2D eigenvalue weighted by Gasteiger charge is 2.21. The van der Waals surface area contributed by atoms with Gasteiger partial charge in [-0.2, -0.15) is 0 Å². The molecule has 0 spiro atoms. The smallest absolute Gasteiger partial charge is 0.253 e. The van der Waals surface area contributed by atoms with Crippen molar-refractivity contribution in [3.05, 3.63) is 89.2 Å². The maximum Gasteiger partial charge on any atom is 0.253 e. The van der Waals surface area contributed by atoms with Crippen LogP contribution < -0.4 is 0 Å². The highest BCUT2D eigenvalue weighted by atomic mass is 35.5. The number of halogens is 1. The molecule has 1 aliphatic rings. The van der Waals surface area contributed by atoms with E-state index in [9.17, 15) is 4.79 Å². The van der Waals surface area contributed by atoms with Gasteiger partial charge in [-0.1, -0.05) is 41.6 Å². The number of benzene rings is 2. The van der Waals surface area contributed by atoms with Gasteiger partial charge in [0, 0.05) is 60.5 Å². The minimum Gasteiger partial charge on any atom is -0.336 e. The fraction of sp³-hybridized carbons (Fsp3) is 0.231. The van der Waals surface area contributed by atoms with Crippen LogP contribution in [0.3, 0.4) is 0 Å². The molecule has 0 atom stereocenters. The van der Waals surface area contributed by atoms with E-state index in [1.54, 1.807) is 24.2 Å². The second-order valence-corrected chi connectivity index (χ2v) is 9.82. The third-order valence-electron chi connectivity index (χ3n) is 5.97. The van der Waals surface area contributed by atoms with Crippen molar-refractivity contribution < 1.29 is 4.79 Å². The number of hydrogen-bond acceptors (Lipinski definition) is 6. The van der Waals surface area contributed by atoms with Crippen molar-refractivity contribution in [3.8, 4) is 17.1 Å². The molecule has 2 aromatic carbocycles. The lowest BCUT2D eigenvalue weighted by Crippen LogP contribution is -2.47. The molecule has 4 aromatic rings. The van der Waals surface area contributed by atoms with Gasteiger partial charge < -0.3 is 9.80 Å². The quantitative estimate of drug-likeness (QED) is 0.356. The normalized spacial score (nSPS) is 14.3. The van der Waals surface area contributed by atoms with Gasteiger partial charge in [-0.25, -0.2) is 0 Å². The summed E-state index contributed by atoms with van der Waals surface area (Å²) in [6.07, 6.45) is 3.48. The predicted octanol–water partition coefficient (Wildman–Crippen LogP) is 4.66. The molecule has 0 radical (unpaired) electrons. The second kappa shape index (κ2) is 10.6. The highest BCUT2D eigenvalue weighted by Crippen LogP contribution is 2.30. The summed E-state index contributed by atoms with van der Waals surface area (Å²) in [4.78, 5) is 21.3. The highest BCUT2D eigenvalue weighted by molar-refractivity contribution is 7.98. The van der Waals surface area contributed by atoms with Crippen LogP contribution in [0.25, 0.3) is 17.1 Å². The van der Waals surface area contributed by atoms with Crippen molar-refractivity contribution in [3.63, 3.8) is 0 Å². The van der Waals surface area contributed by atoms with Crippen molar-refractivity contribution in [1.29, 1.82) is 0 Å². The van der Waals surface area contributed by atoms with Crippen LogP contribution >= 0.6 is 23.4 Å². The van der Waals surface area contributed by atoms with E-state index in [1.165, 1.54) is 0 Å². The molecule has 2 aromatic heterocycles. The number of amides is 1. The summed E-state index contributed by atoms with van der Waals surface area (Å²) < 4.78 is 2.01. The van der Waals surface area contributed by atoms with E-state index < -0.39 is 0 Å². The minimum absolute atomic E-state index is 0.0898. The van der Waals surface area contributed by atoms with Crippen LogP contribution in [0.5, 0.6) is 0 Å². The number of rotatable bonds is 6. The first-order valence-corrected chi connectivity index (χ1v) is 12.8. The maximum atomic E-state index is 13.0. The van der Waals surface area contributed by atoms with Crippen LogP contribution in [-0.4, -0.2) is 68.7 Å². The van der Waals surface area contributed by atoms with Gasteiger partial charge in [0.2, 0.25) is 0 Å². The number of carbonyl (C=O) groups excluding carboxylic acids is 1. The molecule has 1 amide bonds. The average molecular weight is 505 g/mol. The fourth-order valence-corrected chi connectivity index (χ4v) is 5.11. The van der Waals surface area contributed by atoms with Gasteiger partial charge >= 0.3 is 0 Å². The zero-order valence-electron chi connectivity index (χ0n) is 19.3. The standard InChI is InChI=1S/C26H25ClN6OS/c1-31-12-14-32(15-13-31)25(34)21-5-2-4-19(16-21)18-35-26-30-29-24(20-8-10-28-11-9-20)33(26)23-7-3-6-22(27)17-23/h2-11,16-17H,12-15,18H2,1H3. The molecule has 5 rings (SSSR count). The fourth-order valence-electron chi connectivity index (χ4n) is 4.03. The minimum atomic E-state index is 0.0898. The molecule has 1 saturated heterocycles. The molecule has 0 saturated carbocycles. The molecule has 1 aliphatic heterocycles. The zero-order chi connectivity index (χ0) is 24.2. The molecule has 7 nitrogen and oxygen atoms in total. The summed E-state index contributed by atoms with van der Waals surface area (Å²) in [5.74, 6) is 1.46. The van der Waals surface area contributed by atoms with Gasteiger partial charge in [0.05, 0.1) is 5.69 Å². The van der Waals surface area contributed by atoms with Crippen molar-refractivity contribution in [1.82, 2.24) is 29.5 Å². The predicted molar refractivity (Wildman–Crippen MR) is 139 cm³/mol. The Bertz CT molecular complexity index is 1320. The first-order valence-electron chi connectivity index (χ1n) is 11.4. The second-order valence-electron chi connectivity index (χ2n) is 8.44. The van der Waals surface area contributed by atoms with E-state index in [-0.39, 0.29) is 5.91 Å². The molecular formula is C26H25ClN6OS. The summed E-state index contributed by atoms with van der Waals surface area (Å²) in [6.45, 7) is 3.32. The third-order valence-corrected chi connectivity index (χ3v) is 7.21. The lowest BCUT2D eigenvalue weighted by Gasteiger charge is -2.32. The van der Waals surface area contributed by atoms with Crippen molar-refractivity contribution in [2.45, 2.75) is 10.9 Å². The van der Waals surface area contributed by atoms with Gasteiger partial charge in [-0.05, 0) is 55.1 Å². The Morgan fingerprint density at radius 1 is 0.971 bits per heavy atom. The van der Waals surface area contributed by atoms with E-state index in [4.69, 9.17) is 11.6 Å². The van der Waals surface area contributed by atoms with Crippen LogP contribution in [-0.2, 0) is 5.75 Å². The zero-order valence-corrected chi connectivity index (χ0v) is 20.9. The molecule has 3 heterocycles. The van der Waals surface area contributed by atoms with E-state index >= 15 is 0 Å². The first kappa shape index (κ1) is 23.5. The Labute approximate surface area is 213 Å². The summed E-state index contributed by atoms with van der Waals surface area (Å²) in [5, 5.41) is 10.3. The maximum absolute atomic E-state index is 13.0. The van der Waals surface area contributed by atoms with Gasteiger partial charge in [0.1, 0.15) is 0 Å². The molecule has 1 fully saturated rings. The van der Waals surface area contributed by atoms with Crippen LogP contribution in [0, 0.1) is 0 Å². The van der Waals surface area contributed by atoms with E-state index in [2.05, 4.69) is 27.1 Å². The van der Waals surface area contributed by atoms with E-state index in [0.29, 0.717) is 10.8 Å². The van der Waals surface area contributed by atoms with Gasteiger partial charge in [0.15, 0.2) is 11.0 Å². The van der Waals surface area contributed by atoms with Gasteiger partial charge in [-0.15, -0.1) is 10.2 Å². The molecule has 0 aliphatic carbocycles. The van der Waals surface area contributed by atoms with Crippen molar-refractivity contribution in [2.75, 3.05) is 33.2 Å². The van der Waals surface area contributed by atoms with Crippen LogP contribution in [0.2, 0.25) is 5.02 Å². The van der Waals surface area contributed by atoms with Gasteiger partial charge in [-0.3, -0.25) is 14.3 Å². The summed E-state index contributed by atoms with van der Waals surface area (Å²) in [7, 11) is 2.09. The molecular weight excluding hydrogens is 480 g/mol. The van der Waals surface area contributed by atoms with Crippen molar-refractivity contribution in [2.24, 2.45) is 0 Å². The first-order chi connectivity index (χ1) is 17.1. The van der Waals surface area contributed by atoms with Gasteiger partial charge in [0.25, 0.3) is 5.91 Å². The van der Waals surface area contributed by atoms with E-state index in [0.717, 1.165) is 59.5 Å². The number of aromatic nitrogens is 4. The average Bonchev–Trinajstić information content (AvgIpc) is 3.32. The Hall–Kier alpha value is -3.20. The van der Waals surface area contributed by atoms with Crippen LogP contribution in [0.15, 0.2) is 78.2 Å². The Balaban J connectivity index is 1.39. The number of hydrogen-bond donors (Lipinski definition) is 0. The molecule has 0 unspecified atom stereocenters. The van der Waals surface area contributed by atoms with Crippen LogP contribution in [0.1, 0.15) is 15.9 Å². The number of likely N-dealkylation sites (N-methyl/N-ethyl adjacent to an activating group) is 1. The summed E-state index contributed by atoms with van der Waals surface area (Å²) >= 11 is 7.87. The Morgan fingerprint density at radius 3 is 2.51 bits per heavy atom. The molecule has 178 valence electrons. The third kappa shape index (κ3) is 5.40. The molecule has 0 bridgehead atoms. The SMILES string of the molecule is CN1CCN(C(=O)c2cccc(CSc3nnc(-c4ccncc4)n3-c3cccc(Cl)c3)c2)CC1. The van der Waals surface area contributed by atoms with Crippen molar-refractivity contribution >= 4 is 29.3 Å². The molecule has 9 heteroatoms. The molecule has 35 heavy (non-hydrogen) atoms. The summed E-state index contributed by atoms with van der Waals surface area (Å²) in [6, 6.07) is 19.3. The summed E-state index contributed by atoms with van der Waals surface area (Å²) in [5.41, 5.74) is 3.58. The van der Waals surface area contributed by atoms with Crippen LogP contribution in [0.4, 0.5) is 0 Å². The monoisotopic (exact) mass is 504 g/mol. The lowest BCUT2D eigenvalue weighted by atomic mass is 10.1. The molecule has 0 N–H and O–H groups in total. The number of carbonyl (C=O) groups is 1. The largest absolute Gasteiger partial charge is 0.336 e. The Kier molecular flexibility index (Phi) is 7.13. The number of nitrogens with zero attached hydrogens (tertiary/aromatic N) is 6. The number of thioether (sulfide) groups is 1.